The van der Waals surface area contributed by atoms with Gasteiger partial charge in [0.25, 0.3) is 0 Å². The molecule has 0 saturated heterocycles. The normalized spacial score (nSPS) is 26.1. The Hall–Kier alpha value is -1.08. The molecule has 0 aromatic carbocycles. The van der Waals surface area contributed by atoms with Crippen molar-refractivity contribution in [3.63, 3.8) is 0 Å². The Morgan fingerprint density at radius 2 is 2.24 bits per heavy atom. The van der Waals surface area contributed by atoms with Crippen molar-refractivity contribution in [2.24, 2.45) is 11.8 Å². The fraction of sp³-hybridized carbons (Fsp3) is 0.722. The summed E-state index contributed by atoms with van der Waals surface area (Å²) < 4.78 is 38.7. The lowest BCUT2D eigenvalue weighted by atomic mass is 9.80. The third kappa shape index (κ3) is 4.56. The lowest BCUT2D eigenvalue weighted by Gasteiger charge is -2.33. The molecule has 3 rings (SSSR count). The summed E-state index contributed by atoms with van der Waals surface area (Å²) in [6, 6.07) is 2.33. The molecule has 1 N–H and O–H groups in total. The maximum atomic E-state index is 12.9. The highest BCUT2D eigenvalue weighted by Crippen LogP contribution is 2.39. The molecule has 3 nitrogen and oxygen atoms in total. The molecule has 0 spiro atoms. The summed E-state index contributed by atoms with van der Waals surface area (Å²) in [6.45, 7) is 4.40. The van der Waals surface area contributed by atoms with Crippen LogP contribution in [0.1, 0.15) is 43.0 Å². The Kier molecular flexibility index (Phi) is 5.73. The van der Waals surface area contributed by atoms with Crippen molar-refractivity contribution in [2.75, 3.05) is 13.1 Å². The predicted octanol–water partition coefficient (Wildman–Crippen LogP) is 3.98. The number of nitrogens with one attached hydrogen (secondary N) is 1. The second kappa shape index (κ2) is 7.66. The van der Waals surface area contributed by atoms with Crippen LogP contribution < -0.4 is 5.32 Å². The molecular weight excluding hydrogens is 349 g/mol. The van der Waals surface area contributed by atoms with E-state index in [0.717, 1.165) is 19.5 Å². The molecule has 3 atom stereocenters. The highest BCUT2D eigenvalue weighted by molar-refractivity contribution is 7.10. The molecule has 2 heterocycles. The Morgan fingerprint density at radius 1 is 1.44 bits per heavy atom. The van der Waals surface area contributed by atoms with E-state index in [-0.39, 0.29) is 24.8 Å². The summed E-state index contributed by atoms with van der Waals surface area (Å²) in [7, 11) is 0. The fourth-order valence-electron chi connectivity index (χ4n) is 3.89. The molecule has 2 aliphatic rings. The maximum Gasteiger partial charge on any atom is 0.391 e. The van der Waals surface area contributed by atoms with E-state index in [0.29, 0.717) is 19.4 Å². The molecule has 1 saturated carbocycles. The minimum atomic E-state index is -4.18. The quantitative estimate of drug-likeness (QED) is 0.865. The van der Waals surface area contributed by atoms with Gasteiger partial charge in [-0.25, -0.2) is 0 Å². The van der Waals surface area contributed by atoms with Crippen molar-refractivity contribution < 1.29 is 18.0 Å². The second-order valence-corrected chi connectivity index (χ2v) is 8.29. The number of halogens is 3. The first-order valence-corrected chi connectivity index (χ1v) is 9.86. The van der Waals surface area contributed by atoms with Crippen LogP contribution in [0.15, 0.2) is 11.4 Å². The number of amides is 1. The smallest absolute Gasteiger partial charge is 0.354 e. The van der Waals surface area contributed by atoms with E-state index in [2.05, 4.69) is 28.6 Å². The maximum absolute atomic E-state index is 12.9. The zero-order valence-corrected chi connectivity index (χ0v) is 15.3. The number of hydrogen-bond donors (Lipinski definition) is 1. The number of alkyl halides is 3. The van der Waals surface area contributed by atoms with Crippen LogP contribution >= 0.6 is 11.3 Å². The van der Waals surface area contributed by atoms with Gasteiger partial charge in [-0.2, -0.15) is 13.2 Å². The van der Waals surface area contributed by atoms with Gasteiger partial charge in [0.05, 0.1) is 5.92 Å². The van der Waals surface area contributed by atoms with Crippen LogP contribution in [0.3, 0.4) is 0 Å². The van der Waals surface area contributed by atoms with E-state index in [4.69, 9.17) is 0 Å². The molecule has 1 aromatic heterocycles. The van der Waals surface area contributed by atoms with E-state index in [1.807, 2.05) is 0 Å². The molecule has 1 amide bonds. The molecule has 0 bridgehead atoms. The van der Waals surface area contributed by atoms with Crippen LogP contribution in [-0.4, -0.2) is 36.1 Å². The Morgan fingerprint density at radius 3 is 3.00 bits per heavy atom. The molecular formula is C18H25F3N2OS. The van der Waals surface area contributed by atoms with Crippen molar-refractivity contribution in [1.29, 1.82) is 0 Å². The standard InChI is InChI=1S/C18H25F3N2OS/c1-12(23-7-5-16-14(11-23)6-8-25-16)10-22-17(24)13-3-2-4-15(9-13)18(19,20)21/h6,8,12-13,15H,2-5,7,9-11H2,1H3,(H,22,24)/t12-,13-,15-/m1/s1. The Balaban J connectivity index is 1.47. The summed E-state index contributed by atoms with van der Waals surface area (Å²) >= 11 is 1.79. The average molecular weight is 374 g/mol. The number of rotatable bonds is 4. The summed E-state index contributed by atoms with van der Waals surface area (Å²) in [6.07, 6.45) is -2.02. The third-order valence-corrected chi connectivity index (χ3v) is 6.56. The van der Waals surface area contributed by atoms with E-state index in [1.54, 1.807) is 11.3 Å². The van der Waals surface area contributed by atoms with Gasteiger partial charge in [-0.15, -0.1) is 11.3 Å². The van der Waals surface area contributed by atoms with Crippen LogP contribution in [0.4, 0.5) is 13.2 Å². The van der Waals surface area contributed by atoms with E-state index in [9.17, 15) is 18.0 Å². The number of thiophene rings is 1. The minimum Gasteiger partial charge on any atom is -0.354 e. The number of fused-ring (bicyclic) bond motifs is 1. The summed E-state index contributed by atoms with van der Waals surface area (Å²) in [5.41, 5.74) is 1.36. The van der Waals surface area contributed by atoms with Crippen LogP contribution in [0, 0.1) is 11.8 Å². The number of nitrogens with zero attached hydrogens (tertiary/aromatic N) is 1. The van der Waals surface area contributed by atoms with Crippen molar-refractivity contribution in [3.8, 4) is 0 Å². The largest absolute Gasteiger partial charge is 0.391 e. The average Bonchev–Trinajstić information content (AvgIpc) is 3.06. The van der Waals surface area contributed by atoms with Gasteiger partial charge in [0, 0.05) is 36.5 Å². The van der Waals surface area contributed by atoms with E-state index < -0.39 is 18.0 Å². The molecule has 1 aromatic rings. The summed E-state index contributed by atoms with van der Waals surface area (Å²) in [4.78, 5) is 16.1. The van der Waals surface area contributed by atoms with Crippen molar-refractivity contribution in [1.82, 2.24) is 10.2 Å². The fourth-order valence-corrected chi connectivity index (χ4v) is 4.78. The SMILES string of the molecule is C[C@H](CNC(=O)[C@@H]1CCC[C@@H](C(F)(F)F)C1)N1CCc2sccc2C1. The monoisotopic (exact) mass is 374 g/mol. The highest BCUT2D eigenvalue weighted by Gasteiger charge is 2.43. The van der Waals surface area contributed by atoms with Crippen LogP contribution in [-0.2, 0) is 17.8 Å². The van der Waals surface area contributed by atoms with Gasteiger partial charge in [-0.1, -0.05) is 6.42 Å². The van der Waals surface area contributed by atoms with Gasteiger partial charge >= 0.3 is 6.18 Å². The second-order valence-electron chi connectivity index (χ2n) is 7.29. The molecule has 0 unspecified atom stereocenters. The van der Waals surface area contributed by atoms with Crippen LogP contribution in [0.5, 0.6) is 0 Å². The minimum absolute atomic E-state index is 0.0638. The Labute approximate surface area is 150 Å². The summed E-state index contributed by atoms with van der Waals surface area (Å²) in [5.74, 6) is -2.04. The van der Waals surface area contributed by atoms with Crippen LogP contribution in [0.2, 0.25) is 0 Å². The van der Waals surface area contributed by atoms with Gasteiger partial charge in [-0.05, 0) is 49.6 Å². The lowest BCUT2D eigenvalue weighted by molar-refractivity contribution is -0.186. The molecule has 1 aliphatic carbocycles. The van der Waals surface area contributed by atoms with Crippen molar-refractivity contribution in [2.45, 2.75) is 57.8 Å². The first-order valence-electron chi connectivity index (χ1n) is 8.98. The molecule has 7 heteroatoms. The van der Waals surface area contributed by atoms with Gasteiger partial charge in [-0.3, -0.25) is 9.69 Å². The number of carbonyl (C=O) groups excluding carboxylic acids is 1. The van der Waals surface area contributed by atoms with E-state index in [1.165, 1.54) is 10.4 Å². The lowest BCUT2D eigenvalue weighted by Crippen LogP contribution is -2.46. The van der Waals surface area contributed by atoms with Gasteiger partial charge in [0.15, 0.2) is 0 Å². The van der Waals surface area contributed by atoms with Crippen molar-refractivity contribution in [3.05, 3.63) is 21.9 Å². The summed E-state index contributed by atoms with van der Waals surface area (Å²) in [5, 5.41) is 5.01. The van der Waals surface area contributed by atoms with E-state index >= 15 is 0 Å². The van der Waals surface area contributed by atoms with Gasteiger partial charge in [0.2, 0.25) is 5.91 Å². The zero-order valence-electron chi connectivity index (χ0n) is 14.4. The molecule has 1 fully saturated rings. The van der Waals surface area contributed by atoms with Gasteiger partial charge < -0.3 is 5.32 Å². The number of carbonyl (C=O) groups is 1. The van der Waals surface area contributed by atoms with Gasteiger partial charge in [0.1, 0.15) is 0 Å². The van der Waals surface area contributed by atoms with Crippen LogP contribution in [0.25, 0.3) is 0 Å². The highest BCUT2D eigenvalue weighted by atomic mass is 32.1. The topological polar surface area (TPSA) is 32.3 Å². The molecule has 140 valence electrons. The third-order valence-electron chi connectivity index (χ3n) is 5.54. The predicted molar refractivity (Wildman–Crippen MR) is 92.4 cm³/mol. The Bertz CT molecular complexity index is 601. The molecule has 1 aliphatic heterocycles. The first kappa shape index (κ1) is 18.7. The molecule has 0 radical (unpaired) electrons. The number of hydrogen-bond acceptors (Lipinski definition) is 3. The van der Waals surface area contributed by atoms with Crippen molar-refractivity contribution >= 4 is 17.2 Å². The molecule has 25 heavy (non-hydrogen) atoms. The zero-order chi connectivity index (χ0) is 18.0. The first-order chi connectivity index (χ1) is 11.8.